The van der Waals surface area contributed by atoms with Gasteiger partial charge in [0.15, 0.2) is 0 Å². The predicted molar refractivity (Wildman–Crippen MR) is 35.1 cm³/mol. The van der Waals surface area contributed by atoms with Crippen LogP contribution < -0.4 is 5.73 Å². The van der Waals surface area contributed by atoms with Crippen molar-refractivity contribution in [1.82, 2.24) is 0 Å². The lowest BCUT2D eigenvalue weighted by Gasteiger charge is -2.13. The van der Waals surface area contributed by atoms with Crippen LogP contribution in [0, 0.1) is 0 Å². The van der Waals surface area contributed by atoms with Crippen molar-refractivity contribution in [2.75, 3.05) is 20.3 Å². The van der Waals surface area contributed by atoms with Gasteiger partial charge in [0.25, 0.3) is 5.92 Å². The van der Waals surface area contributed by atoms with Crippen molar-refractivity contribution in [2.45, 2.75) is 18.8 Å². The maximum absolute atomic E-state index is 12.5. The number of rotatable bonds is 5. The Bertz CT molecular complexity index is 87.8. The van der Waals surface area contributed by atoms with E-state index in [1.807, 2.05) is 0 Å². The molecule has 0 radical (unpaired) electrons. The number of ether oxygens (including phenoxy) is 1. The molecule has 0 atom stereocenters. The monoisotopic (exact) mass is 153 g/mol. The molecular weight excluding hydrogens is 140 g/mol. The SMILES string of the molecule is COCCC(F)(F)CCN. The van der Waals surface area contributed by atoms with Gasteiger partial charge in [-0.2, -0.15) is 0 Å². The predicted octanol–water partition coefficient (Wildman–Crippen LogP) is 1.01. The van der Waals surface area contributed by atoms with Gasteiger partial charge in [0.05, 0.1) is 6.61 Å². The van der Waals surface area contributed by atoms with E-state index in [0.717, 1.165) is 0 Å². The molecule has 0 saturated heterocycles. The zero-order valence-electron chi connectivity index (χ0n) is 6.07. The van der Waals surface area contributed by atoms with Gasteiger partial charge in [-0.15, -0.1) is 0 Å². The third-order valence-corrected chi connectivity index (χ3v) is 1.18. The van der Waals surface area contributed by atoms with Gasteiger partial charge in [0.1, 0.15) is 0 Å². The minimum absolute atomic E-state index is 0.0245. The van der Waals surface area contributed by atoms with E-state index in [-0.39, 0.29) is 26.0 Å². The molecule has 62 valence electrons. The third kappa shape index (κ3) is 4.64. The summed E-state index contributed by atoms with van der Waals surface area (Å²) in [5.41, 5.74) is 4.97. The van der Waals surface area contributed by atoms with Crippen molar-refractivity contribution >= 4 is 0 Å². The van der Waals surface area contributed by atoms with Crippen LogP contribution in [0.15, 0.2) is 0 Å². The molecule has 0 rings (SSSR count). The average Bonchev–Trinajstić information content (AvgIpc) is 1.84. The maximum atomic E-state index is 12.5. The van der Waals surface area contributed by atoms with Crippen LogP contribution in [-0.4, -0.2) is 26.2 Å². The summed E-state index contributed by atoms with van der Waals surface area (Å²) >= 11 is 0. The Morgan fingerprint density at radius 3 is 2.40 bits per heavy atom. The second kappa shape index (κ2) is 4.57. The molecule has 0 aliphatic heterocycles. The molecule has 2 N–H and O–H groups in total. The number of halogens is 2. The Hall–Kier alpha value is -0.220. The first-order chi connectivity index (χ1) is 4.62. The van der Waals surface area contributed by atoms with E-state index >= 15 is 0 Å². The quantitative estimate of drug-likeness (QED) is 0.639. The minimum atomic E-state index is -2.65. The van der Waals surface area contributed by atoms with Gasteiger partial charge < -0.3 is 10.5 Å². The lowest BCUT2D eigenvalue weighted by Crippen LogP contribution is -2.22. The highest BCUT2D eigenvalue weighted by Crippen LogP contribution is 2.21. The van der Waals surface area contributed by atoms with Crippen LogP contribution in [0.2, 0.25) is 0 Å². The molecule has 0 aliphatic carbocycles. The molecule has 0 unspecified atom stereocenters. The van der Waals surface area contributed by atoms with Crippen molar-refractivity contribution in [1.29, 1.82) is 0 Å². The second-order valence-corrected chi connectivity index (χ2v) is 2.14. The molecule has 10 heavy (non-hydrogen) atoms. The van der Waals surface area contributed by atoms with Crippen LogP contribution >= 0.6 is 0 Å². The van der Waals surface area contributed by atoms with Gasteiger partial charge in [-0.25, -0.2) is 8.78 Å². The van der Waals surface area contributed by atoms with Gasteiger partial charge in [-0.1, -0.05) is 0 Å². The topological polar surface area (TPSA) is 35.2 Å². The molecule has 4 heteroatoms. The molecule has 0 fully saturated rings. The first kappa shape index (κ1) is 9.78. The first-order valence-corrected chi connectivity index (χ1v) is 3.19. The number of hydrogen-bond acceptors (Lipinski definition) is 2. The highest BCUT2D eigenvalue weighted by Gasteiger charge is 2.26. The second-order valence-electron chi connectivity index (χ2n) is 2.14. The highest BCUT2D eigenvalue weighted by atomic mass is 19.3. The Kier molecular flexibility index (Phi) is 4.47. The van der Waals surface area contributed by atoms with E-state index in [0.29, 0.717) is 0 Å². The fraction of sp³-hybridized carbons (Fsp3) is 1.00. The molecule has 0 aromatic rings. The van der Waals surface area contributed by atoms with Crippen LogP contribution in [0.3, 0.4) is 0 Å². The lowest BCUT2D eigenvalue weighted by atomic mass is 10.2. The molecule has 0 aromatic heterocycles. The molecule has 0 saturated carbocycles. The van der Waals surface area contributed by atoms with Crippen LogP contribution in [-0.2, 0) is 4.74 Å². The molecule has 0 aliphatic rings. The number of nitrogens with two attached hydrogens (primary N) is 1. The van der Waals surface area contributed by atoms with Crippen LogP contribution in [0.4, 0.5) is 8.78 Å². The van der Waals surface area contributed by atoms with E-state index in [1.54, 1.807) is 0 Å². The summed E-state index contributed by atoms with van der Waals surface area (Å²) in [6, 6.07) is 0. The molecule has 0 bridgehead atoms. The van der Waals surface area contributed by atoms with Gasteiger partial charge in [-0.05, 0) is 6.54 Å². The van der Waals surface area contributed by atoms with Gasteiger partial charge in [-0.3, -0.25) is 0 Å². The van der Waals surface area contributed by atoms with Gasteiger partial charge >= 0.3 is 0 Å². The Morgan fingerprint density at radius 2 is 2.00 bits per heavy atom. The standard InChI is InChI=1S/C6H13F2NO/c1-10-5-3-6(7,8)2-4-9/h2-5,9H2,1H3. The number of hydrogen-bond donors (Lipinski definition) is 1. The average molecular weight is 153 g/mol. The van der Waals surface area contributed by atoms with E-state index in [9.17, 15) is 8.78 Å². The van der Waals surface area contributed by atoms with E-state index in [4.69, 9.17) is 5.73 Å². The molecular formula is C6H13F2NO. The van der Waals surface area contributed by atoms with Crippen molar-refractivity contribution in [3.05, 3.63) is 0 Å². The van der Waals surface area contributed by atoms with E-state index < -0.39 is 5.92 Å². The third-order valence-electron chi connectivity index (χ3n) is 1.18. The minimum Gasteiger partial charge on any atom is -0.384 e. The molecule has 0 aromatic carbocycles. The Morgan fingerprint density at radius 1 is 1.40 bits per heavy atom. The molecule has 0 amide bonds. The van der Waals surface area contributed by atoms with Crippen LogP contribution in [0.5, 0.6) is 0 Å². The summed E-state index contributed by atoms with van der Waals surface area (Å²) in [5.74, 6) is -2.65. The zero-order valence-corrected chi connectivity index (χ0v) is 6.07. The highest BCUT2D eigenvalue weighted by molar-refractivity contribution is 4.65. The smallest absolute Gasteiger partial charge is 0.251 e. The molecule has 2 nitrogen and oxygen atoms in total. The lowest BCUT2D eigenvalue weighted by molar-refractivity contribution is -0.0319. The summed E-state index contributed by atoms with van der Waals surface area (Å²) in [6.07, 6.45) is -0.489. The van der Waals surface area contributed by atoms with Gasteiger partial charge in [0, 0.05) is 20.0 Å². The normalized spacial score (nSPS) is 12.0. The Labute approximate surface area is 59.3 Å². The maximum Gasteiger partial charge on any atom is 0.251 e. The summed E-state index contributed by atoms with van der Waals surface area (Å²) in [7, 11) is 1.40. The number of alkyl halides is 2. The van der Waals surface area contributed by atoms with Crippen molar-refractivity contribution in [3.8, 4) is 0 Å². The fourth-order valence-corrected chi connectivity index (χ4v) is 0.588. The van der Waals surface area contributed by atoms with E-state index in [1.165, 1.54) is 7.11 Å². The molecule has 0 heterocycles. The summed E-state index contributed by atoms with van der Waals surface area (Å²) in [5, 5.41) is 0. The van der Waals surface area contributed by atoms with Crippen LogP contribution in [0.25, 0.3) is 0 Å². The van der Waals surface area contributed by atoms with E-state index in [2.05, 4.69) is 4.74 Å². The van der Waals surface area contributed by atoms with Crippen molar-refractivity contribution < 1.29 is 13.5 Å². The van der Waals surface area contributed by atoms with Gasteiger partial charge in [0.2, 0.25) is 0 Å². The fourth-order valence-electron chi connectivity index (χ4n) is 0.588. The molecule has 0 spiro atoms. The largest absolute Gasteiger partial charge is 0.384 e. The van der Waals surface area contributed by atoms with Crippen LogP contribution in [0.1, 0.15) is 12.8 Å². The number of methoxy groups -OCH3 is 1. The summed E-state index contributed by atoms with van der Waals surface area (Å²) < 4.78 is 29.4. The Balaban J connectivity index is 3.42. The summed E-state index contributed by atoms with van der Waals surface area (Å²) in [4.78, 5) is 0. The summed E-state index contributed by atoms with van der Waals surface area (Å²) in [6.45, 7) is 0.115. The van der Waals surface area contributed by atoms with Crippen molar-refractivity contribution in [2.24, 2.45) is 5.73 Å². The van der Waals surface area contributed by atoms with Crippen molar-refractivity contribution in [3.63, 3.8) is 0 Å². The zero-order chi connectivity index (χ0) is 8.04. The first-order valence-electron chi connectivity index (χ1n) is 3.19.